The molecule has 0 bridgehead atoms. The zero-order valence-electron chi connectivity index (χ0n) is 13.8. The summed E-state index contributed by atoms with van der Waals surface area (Å²) in [6.45, 7) is 5.64. The highest BCUT2D eigenvalue weighted by molar-refractivity contribution is 7.13. The first-order valence-electron chi connectivity index (χ1n) is 8.33. The van der Waals surface area contributed by atoms with E-state index in [2.05, 4.69) is 15.2 Å². The number of nitrogens with one attached hydrogen (secondary N) is 1. The summed E-state index contributed by atoms with van der Waals surface area (Å²) >= 11 is 1.48. The van der Waals surface area contributed by atoms with E-state index in [0.717, 1.165) is 29.2 Å². The van der Waals surface area contributed by atoms with E-state index >= 15 is 0 Å². The van der Waals surface area contributed by atoms with Gasteiger partial charge in [-0.05, 0) is 50.6 Å². The van der Waals surface area contributed by atoms with Crippen LogP contribution >= 0.6 is 11.3 Å². The van der Waals surface area contributed by atoms with Gasteiger partial charge in [0.1, 0.15) is 10.7 Å². The maximum absolute atomic E-state index is 12.9. The molecule has 24 heavy (non-hydrogen) atoms. The summed E-state index contributed by atoms with van der Waals surface area (Å²) in [5.41, 5.74) is 1.66. The van der Waals surface area contributed by atoms with E-state index in [0.29, 0.717) is 11.4 Å². The molecule has 1 amide bonds. The van der Waals surface area contributed by atoms with Crippen LogP contribution in [0.5, 0.6) is 0 Å². The summed E-state index contributed by atoms with van der Waals surface area (Å²) in [6, 6.07) is 6.15. The van der Waals surface area contributed by atoms with E-state index in [1.54, 1.807) is 12.1 Å². The molecule has 3 rings (SSSR count). The second-order valence-electron chi connectivity index (χ2n) is 6.13. The highest BCUT2D eigenvalue weighted by Gasteiger charge is 2.17. The number of halogens is 1. The van der Waals surface area contributed by atoms with Crippen molar-refractivity contribution in [3.63, 3.8) is 0 Å². The molecule has 0 atom stereocenters. The zero-order valence-corrected chi connectivity index (χ0v) is 14.7. The largest absolute Gasteiger partial charge is 0.347 e. The van der Waals surface area contributed by atoms with Gasteiger partial charge in [0, 0.05) is 19.5 Å². The Balaban J connectivity index is 1.55. The molecule has 2 heterocycles. The van der Waals surface area contributed by atoms with Crippen molar-refractivity contribution < 1.29 is 9.18 Å². The van der Waals surface area contributed by atoms with Crippen molar-refractivity contribution in [1.29, 1.82) is 0 Å². The second-order valence-corrected chi connectivity index (χ2v) is 7.21. The van der Waals surface area contributed by atoms with Crippen LogP contribution in [0.15, 0.2) is 24.3 Å². The van der Waals surface area contributed by atoms with Crippen LogP contribution in [0.2, 0.25) is 0 Å². The Bertz CT molecular complexity index is 693. The maximum atomic E-state index is 12.9. The molecule has 1 N–H and O–H groups in total. The predicted molar refractivity (Wildman–Crippen MR) is 93.8 cm³/mol. The maximum Gasteiger partial charge on any atom is 0.263 e. The van der Waals surface area contributed by atoms with Crippen LogP contribution in [0.3, 0.4) is 0 Å². The molecular formula is C18H22FN3OS. The highest BCUT2D eigenvalue weighted by atomic mass is 32.1. The minimum atomic E-state index is -0.272. The SMILES string of the molecule is Cc1nc(CCN2CCCC2)sc1C(=O)NCc1ccc(F)cc1. The van der Waals surface area contributed by atoms with Gasteiger partial charge in [-0.3, -0.25) is 4.79 Å². The van der Waals surface area contributed by atoms with Gasteiger partial charge in [0.05, 0.1) is 10.7 Å². The first-order valence-corrected chi connectivity index (χ1v) is 9.15. The summed E-state index contributed by atoms with van der Waals surface area (Å²) in [5, 5.41) is 3.90. The van der Waals surface area contributed by atoms with Gasteiger partial charge >= 0.3 is 0 Å². The number of amides is 1. The van der Waals surface area contributed by atoms with Crippen molar-refractivity contribution in [3.8, 4) is 0 Å². The van der Waals surface area contributed by atoms with E-state index in [1.165, 1.54) is 49.4 Å². The topological polar surface area (TPSA) is 45.2 Å². The molecule has 0 saturated carbocycles. The summed E-state index contributed by atoms with van der Waals surface area (Å²) in [7, 11) is 0. The molecule has 1 aliphatic rings. The Morgan fingerprint density at radius 3 is 2.71 bits per heavy atom. The van der Waals surface area contributed by atoms with Crippen molar-refractivity contribution in [1.82, 2.24) is 15.2 Å². The molecule has 1 saturated heterocycles. The Kier molecular flexibility index (Phi) is 5.58. The van der Waals surface area contributed by atoms with Gasteiger partial charge in [-0.2, -0.15) is 0 Å². The lowest BCUT2D eigenvalue weighted by atomic mass is 10.2. The van der Waals surface area contributed by atoms with Gasteiger partial charge in [-0.1, -0.05) is 12.1 Å². The van der Waals surface area contributed by atoms with Crippen LogP contribution in [0.1, 0.15) is 38.8 Å². The highest BCUT2D eigenvalue weighted by Crippen LogP contribution is 2.19. The molecule has 128 valence electrons. The molecule has 1 fully saturated rings. The number of thiazole rings is 1. The van der Waals surface area contributed by atoms with Crippen molar-refractivity contribution in [2.45, 2.75) is 32.7 Å². The number of likely N-dealkylation sites (tertiary alicyclic amines) is 1. The quantitative estimate of drug-likeness (QED) is 0.873. The Morgan fingerprint density at radius 2 is 2.00 bits per heavy atom. The summed E-state index contributed by atoms with van der Waals surface area (Å²) in [4.78, 5) is 20.0. The lowest BCUT2D eigenvalue weighted by molar-refractivity contribution is 0.0954. The van der Waals surface area contributed by atoms with Crippen LogP contribution in [0.4, 0.5) is 4.39 Å². The van der Waals surface area contributed by atoms with Crippen LogP contribution < -0.4 is 5.32 Å². The Hall–Kier alpha value is -1.79. The second kappa shape index (κ2) is 7.85. The normalized spacial score (nSPS) is 14.9. The molecule has 0 unspecified atom stereocenters. The van der Waals surface area contributed by atoms with Gasteiger partial charge in [0.15, 0.2) is 0 Å². The number of aryl methyl sites for hydroxylation is 1. The van der Waals surface area contributed by atoms with Crippen LogP contribution in [-0.2, 0) is 13.0 Å². The number of carbonyl (C=O) groups excluding carboxylic acids is 1. The van der Waals surface area contributed by atoms with Crippen LogP contribution in [0.25, 0.3) is 0 Å². The van der Waals surface area contributed by atoms with Crippen molar-refractivity contribution in [2.24, 2.45) is 0 Å². The molecule has 2 aromatic rings. The lowest BCUT2D eigenvalue weighted by Gasteiger charge is -2.12. The van der Waals surface area contributed by atoms with E-state index in [9.17, 15) is 9.18 Å². The number of hydrogen-bond donors (Lipinski definition) is 1. The van der Waals surface area contributed by atoms with Gasteiger partial charge in [-0.15, -0.1) is 11.3 Å². The minimum absolute atomic E-state index is 0.109. The monoisotopic (exact) mass is 347 g/mol. The van der Waals surface area contributed by atoms with Gasteiger partial charge in [0.25, 0.3) is 5.91 Å². The first-order chi connectivity index (χ1) is 11.6. The fourth-order valence-electron chi connectivity index (χ4n) is 2.89. The van der Waals surface area contributed by atoms with E-state index < -0.39 is 0 Å². The van der Waals surface area contributed by atoms with Crippen LogP contribution in [0, 0.1) is 12.7 Å². The summed E-state index contributed by atoms with van der Waals surface area (Å²) < 4.78 is 12.9. The first kappa shape index (κ1) is 17.0. The van der Waals surface area contributed by atoms with Crippen molar-refractivity contribution >= 4 is 17.2 Å². The third-order valence-electron chi connectivity index (χ3n) is 4.25. The standard InChI is InChI=1S/C18H22FN3OS/c1-13-17(18(23)20-12-14-4-6-15(19)7-5-14)24-16(21-13)8-11-22-9-2-3-10-22/h4-7H,2-3,8-12H2,1H3,(H,20,23). The molecule has 0 radical (unpaired) electrons. The number of benzene rings is 1. The molecule has 6 heteroatoms. The number of nitrogens with zero attached hydrogens (tertiary/aromatic N) is 2. The average Bonchev–Trinajstić information content (AvgIpc) is 3.21. The number of hydrogen-bond acceptors (Lipinski definition) is 4. The van der Waals surface area contributed by atoms with Crippen molar-refractivity contribution in [2.75, 3.05) is 19.6 Å². The van der Waals surface area contributed by atoms with Gasteiger partial charge < -0.3 is 10.2 Å². The predicted octanol–water partition coefficient (Wildman–Crippen LogP) is 3.16. The van der Waals surface area contributed by atoms with Gasteiger partial charge in [-0.25, -0.2) is 9.37 Å². The van der Waals surface area contributed by atoms with Crippen molar-refractivity contribution in [3.05, 3.63) is 51.2 Å². The molecule has 0 aliphatic carbocycles. The number of carbonyl (C=O) groups is 1. The number of rotatable bonds is 6. The fraction of sp³-hybridized carbons (Fsp3) is 0.444. The minimum Gasteiger partial charge on any atom is -0.347 e. The zero-order chi connectivity index (χ0) is 16.9. The summed E-state index contributed by atoms with van der Waals surface area (Å²) in [6.07, 6.45) is 3.47. The Morgan fingerprint density at radius 1 is 1.29 bits per heavy atom. The van der Waals surface area contributed by atoms with Crippen LogP contribution in [-0.4, -0.2) is 35.4 Å². The number of aromatic nitrogens is 1. The molecule has 1 aromatic carbocycles. The molecule has 1 aromatic heterocycles. The van der Waals surface area contributed by atoms with E-state index in [-0.39, 0.29) is 11.7 Å². The smallest absolute Gasteiger partial charge is 0.263 e. The third kappa shape index (κ3) is 4.39. The third-order valence-corrected chi connectivity index (χ3v) is 5.47. The molecule has 1 aliphatic heterocycles. The average molecular weight is 347 g/mol. The van der Waals surface area contributed by atoms with E-state index in [1.807, 2.05) is 6.92 Å². The Labute approximate surface area is 145 Å². The summed E-state index contributed by atoms with van der Waals surface area (Å²) in [5.74, 6) is -0.382. The lowest BCUT2D eigenvalue weighted by Crippen LogP contribution is -2.22. The molecule has 0 spiro atoms. The fourth-order valence-corrected chi connectivity index (χ4v) is 3.86. The van der Waals surface area contributed by atoms with E-state index in [4.69, 9.17) is 0 Å². The molecular weight excluding hydrogens is 325 g/mol. The van der Waals surface area contributed by atoms with Gasteiger partial charge in [0.2, 0.25) is 0 Å². The molecule has 4 nitrogen and oxygen atoms in total.